The Bertz CT molecular complexity index is 1860. The highest BCUT2D eigenvalue weighted by atomic mass is 16.5. The van der Waals surface area contributed by atoms with E-state index >= 15 is 0 Å². The molecule has 2 N–H and O–H groups in total. The molecule has 0 bridgehead atoms. The van der Waals surface area contributed by atoms with Crippen LogP contribution in [0, 0.1) is 0 Å². The summed E-state index contributed by atoms with van der Waals surface area (Å²) in [6.07, 6.45) is 4.90. The molecule has 5 aromatic rings. The second kappa shape index (κ2) is 15.7. The Hall–Kier alpha value is -6.21. The molecule has 5 aromatic carbocycles. The zero-order chi connectivity index (χ0) is 33.0. The van der Waals surface area contributed by atoms with Crippen LogP contribution in [0.25, 0.3) is 12.2 Å². The second-order valence-corrected chi connectivity index (χ2v) is 10.9. The van der Waals surface area contributed by atoms with Crippen molar-refractivity contribution < 1.29 is 19.1 Å². The van der Waals surface area contributed by atoms with Crippen molar-refractivity contribution in [1.82, 2.24) is 5.32 Å². The monoisotopic (exact) mass is 621 g/mol. The number of rotatable bonds is 12. The molecule has 7 heteroatoms. The second-order valence-electron chi connectivity index (χ2n) is 10.9. The van der Waals surface area contributed by atoms with Gasteiger partial charge in [0.25, 0.3) is 11.8 Å². The highest BCUT2D eigenvalue weighted by molar-refractivity contribution is 6.11. The predicted octanol–water partition coefficient (Wildman–Crippen LogP) is 7.64. The van der Waals surface area contributed by atoms with Crippen LogP contribution >= 0.6 is 0 Å². The molecule has 0 atom stereocenters. The molecular formula is C40H35N3O4. The molecule has 47 heavy (non-hydrogen) atoms. The number of carbonyl (C=O) groups excluding carboxylic acids is 3. The molecule has 0 aliphatic carbocycles. The van der Waals surface area contributed by atoms with Crippen LogP contribution in [0.15, 0.2) is 145 Å². The lowest BCUT2D eigenvalue weighted by Crippen LogP contribution is -2.30. The highest BCUT2D eigenvalue weighted by Gasteiger charge is 2.15. The molecule has 0 radical (unpaired) electrons. The molecular weight excluding hydrogens is 586 g/mol. The fourth-order valence-corrected chi connectivity index (χ4v) is 4.58. The van der Waals surface area contributed by atoms with Crippen molar-refractivity contribution >= 4 is 41.1 Å². The first kappa shape index (κ1) is 32.2. The average molecular weight is 622 g/mol. The normalized spacial score (nSPS) is 11.1. The van der Waals surface area contributed by atoms with Gasteiger partial charge in [0.1, 0.15) is 18.1 Å². The van der Waals surface area contributed by atoms with E-state index in [1.807, 2.05) is 104 Å². The van der Waals surface area contributed by atoms with Gasteiger partial charge >= 0.3 is 0 Å². The summed E-state index contributed by atoms with van der Waals surface area (Å²) in [5.41, 5.74) is 5.16. The lowest BCUT2D eigenvalue weighted by Gasteiger charge is -2.12. The maximum absolute atomic E-state index is 13.5. The van der Waals surface area contributed by atoms with Gasteiger partial charge in [-0.25, -0.2) is 0 Å². The number of nitrogens with zero attached hydrogens (tertiary/aromatic N) is 1. The van der Waals surface area contributed by atoms with Gasteiger partial charge in [-0.1, -0.05) is 78.9 Å². The third-order valence-corrected chi connectivity index (χ3v) is 7.23. The topological polar surface area (TPSA) is 87.7 Å². The molecule has 0 aliphatic rings. The summed E-state index contributed by atoms with van der Waals surface area (Å²) in [6, 6.07) is 40.3. The van der Waals surface area contributed by atoms with Crippen molar-refractivity contribution in [3.63, 3.8) is 0 Å². The number of nitrogens with one attached hydrogen (secondary N) is 2. The van der Waals surface area contributed by atoms with Crippen molar-refractivity contribution in [2.24, 2.45) is 0 Å². The standard InChI is InChI=1S/C40H35N3O4/c1-43(2)35-22-13-29(14-23-35)17-26-38(44)32-18-20-34(21-19-32)41-40(46)37(42-39(45)33-11-7-4-8-12-33)27-30-15-24-36(25-16-30)47-28-31-9-5-3-6-10-31/h3-27H,28H2,1-2H3,(H,41,46)(H,42,45)/b26-17+,37-27-. The van der Waals surface area contributed by atoms with Crippen LogP contribution in [-0.4, -0.2) is 31.7 Å². The maximum Gasteiger partial charge on any atom is 0.272 e. The van der Waals surface area contributed by atoms with Crippen molar-refractivity contribution in [3.05, 3.63) is 173 Å². The molecule has 0 saturated carbocycles. The van der Waals surface area contributed by atoms with Crippen molar-refractivity contribution in [3.8, 4) is 5.75 Å². The number of ether oxygens (including phenoxy) is 1. The number of amides is 2. The van der Waals surface area contributed by atoms with Gasteiger partial charge in [-0.05, 0) is 89.5 Å². The number of benzene rings is 5. The summed E-state index contributed by atoms with van der Waals surface area (Å²) in [7, 11) is 3.95. The third-order valence-electron chi connectivity index (χ3n) is 7.23. The van der Waals surface area contributed by atoms with Gasteiger partial charge in [-0.15, -0.1) is 0 Å². The number of allylic oxidation sites excluding steroid dienone is 1. The van der Waals surface area contributed by atoms with E-state index in [1.54, 1.807) is 60.7 Å². The molecule has 5 rings (SSSR count). The Morgan fingerprint density at radius 1 is 0.681 bits per heavy atom. The number of hydrogen-bond acceptors (Lipinski definition) is 5. The van der Waals surface area contributed by atoms with Crippen LogP contribution in [0.4, 0.5) is 11.4 Å². The Kier molecular flexibility index (Phi) is 10.7. The third kappa shape index (κ3) is 9.39. The van der Waals surface area contributed by atoms with E-state index in [9.17, 15) is 14.4 Å². The zero-order valence-electron chi connectivity index (χ0n) is 26.2. The molecule has 0 saturated heterocycles. The van der Waals surface area contributed by atoms with Crippen LogP contribution < -0.4 is 20.3 Å². The first-order valence-electron chi connectivity index (χ1n) is 15.1. The van der Waals surface area contributed by atoms with Crippen molar-refractivity contribution in [1.29, 1.82) is 0 Å². The van der Waals surface area contributed by atoms with Crippen LogP contribution in [0.1, 0.15) is 37.4 Å². The SMILES string of the molecule is CN(C)c1ccc(/C=C/C(=O)c2ccc(NC(=O)/C(=C/c3ccc(OCc4ccccc4)cc3)NC(=O)c3ccccc3)cc2)cc1. The van der Waals surface area contributed by atoms with Gasteiger partial charge in [0.15, 0.2) is 5.78 Å². The summed E-state index contributed by atoms with van der Waals surface area (Å²) in [6.45, 7) is 0.433. The van der Waals surface area contributed by atoms with Gasteiger partial charge < -0.3 is 20.3 Å². The summed E-state index contributed by atoms with van der Waals surface area (Å²) >= 11 is 0. The Morgan fingerprint density at radius 2 is 1.30 bits per heavy atom. The molecule has 0 unspecified atom stereocenters. The quantitative estimate of drug-likeness (QED) is 0.110. The Labute approximate surface area is 274 Å². The molecule has 7 nitrogen and oxygen atoms in total. The summed E-state index contributed by atoms with van der Waals surface area (Å²) in [5, 5.41) is 5.57. The molecule has 0 fully saturated rings. The minimum Gasteiger partial charge on any atom is -0.489 e. The van der Waals surface area contributed by atoms with E-state index < -0.39 is 11.8 Å². The summed E-state index contributed by atoms with van der Waals surface area (Å²) < 4.78 is 5.88. The number of hydrogen-bond donors (Lipinski definition) is 2. The molecule has 0 aliphatic heterocycles. The van der Waals surface area contributed by atoms with Gasteiger partial charge in [-0.2, -0.15) is 0 Å². The average Bonchev–Trinajstić information content (AvgIpc) is 3.11. The molecule has 2 amide bonds. The van der Waals surface area contributed by atoms with Gasteiger partial charge in [-0.3, -0.25) is 14.4 Å². The highest BCUT2D eigenvalue weighted by Crippen LogP contribution is 2.18. The Morgan fingerprint density at radius 3 is 1.94 bits per heavy atom. The molecule has 234 valence electrons. The molecule has 0 aromatic heterocycles. The minimum atomic E-state index is -0.515. The van der Waals surface area contributed by atoms with Gasteiger partial charge in [0.05, 0.1) is 0 Å². The predicted molar refractivity (Wildman–Crippen MR) is 188 cm³/mol. The fraction of sp³-hybridized carbons (Fsp3) is 0.0750. The smallest absolute Gasteiger partial charge is 0.272 e. The van der Waals surface area contributed by atoms with Crippen LogP contribution in [-0.2, 0) is 11.4 Å². The molecule has 0 heterocycles. The van der Waals surface area contributed by atoms with Crippen LogP contribution in [0.2, 0.25) is 0 Å². The van der Waals surface area contributed by atoms with Crippen molar-refractivity contribution in [2.75, 3.05) is 24.3 Å². The van der Waals surface area contributed by atoms with Crippen LogP contribution in [0.5, 0.6) is 5.75 Å². The lowest BCUT2D eigenvalue weighted by atomic mass is 10.1. The number of anilines is 2. The van der Waals surface area contributed by atoms with Gasteiger partial charge in [0.2, 0.25) is 0 Å². The zero-order valence-corrected chi connectivity index (χ0v) is 26.2. The largest absolute Gasteiger partial charge is 0.489 e. The Balaban J connectivity index is 1.27. The minimum absolute atomic E-state index is 0.0557. The first-order valence-corrected chi connectivity index (χ1v) is 15.1. The van der Waals surface area contributed by atoms with E-state index in [0.717, 1.165) is 16.8 Å². The van der Waals surface area contributed by atoms with E-state index in [1.165, 1.54) is 6.08 Å². The van der Waals surface area contributed by atoms with Crippen LogP contribution in [0.3, 0.4) is 0 Å². The summed E-state index contributed by atoms with van der Waals surface area (Å²) in [4.78, 5) is 41.3. The van der Waals surface area contributed by atoms with Crippen molar-refractivity contribution in [2.45, 2.75) is 6.61 Å². The van der Waals surface area contributed by atoms with E-state index in [0.29, 0.717) is 34.7 Å². The maximum atomic E-state index is 13.5. The molecule has 0 spiro atoms. The number of carbonyl (C=O) groups is 3. The van der Waals surface area contributed by atoms with Gasteiger partial charge in [0, 0.05) is 36.6 Å². The fourth-order valence-electron chi connectivity index (χ4n) is 4.58. The lowest BCUT2D eigenvalue weighted by molar-refractivity contribution is -0.113. The summed E-state index contributed by atoms with van der Waals surface area (Å²) in [5.74, 6) is -0.416. The van der Waals surface area contributed by atoms with E-state index in [4.69, 9.17) is 4.74 Å². The number of ketones is 1. The van der Waals surface area contributed by atoms with E-state index in [-0.39, 0.29) is 11.5 Å². The van der Waals surface area contributed by atoms with E-state index in [2.05, 4.69) is 10.6 Å². The first-order chi connectivity index (χ1) is 22.8.